The van der Waals surface area contributed by atoms with E-state index in [9.17, 15) is 0 Å². The molecule has 1 saturated heterocycles. The van der Waals surface area contributed by atoms with Gasteiger partial charge in [-0.3, -0.25) is 4.98 Å². The number of alkyl halides is 1. The van der Waals surface area contributed by atoms with Crippen molar-refractivity contribution < 1.29 is 0 Å². The van der Waals surface area contributed by atoms with Crippen LogP contribution >= 0.6 is 11.6 Å². The Bertz CT molecular complexity index is 553. The van der Waals surface area contributed by atoms with Crippen molar-refractivity contribution in [3.05, 3.63) is 36.0 Å². The van der Waals surface area contributed by atoms with Gasteiger partial charge < -0.3 is 4.90 Å². The van der Waals surface area contributed by atoms with Gasteiger partial charge in [0.05, 0.1) is 10.9 Å². The zero-order valence-electron chi connectivity index (χ0n) is 9.86. The van der Waals surface area contributed by atoms with E-state index in [-0.39, 0.29) is 5.38 Å². The van der Waals surface area contributed by atoms with Gasteiger partial charge >= 0.3 is 0 Å². The van der Waals surface area contributed by atoms with Crippen LogP contribution in [-0.4, -0.2) is 23.5 Å². The molecule has 1 aliphatic rings. The lowest BCUT2D eigenvalue weighted by Gasteiger charge is -2.20. The molecule has 0 amide bonds. The molecule has 1 aromatic carbocycles. The molecule has 0 radical (unpaired) electrons. The molecule has 17 heavy (non-hydrogen) atoms. The van der Waals surface area contributed by atoms with Crippen LogP contribution in [0.3, 0.4) is 0 Å². The van der Waals surface area contributed by atoms with Crippen LogP contribution in [0.1, 0.15) is 12.1 Å². The number of halogens is 1. The van der Waals surface area contributed by atoms with E-state index in [4.69, 9.17) is 11.6 Å². The van der Waals surface area contributed by atoms with Crippen LogP contribution in [0, 0.1) is 6.92 Å². The molecule has 2 nitrogen and oxygen atoms in total. The van der Waals surface area contributed by atoms with Crippen LogP contribution in [0.25, 0.3) is 10.9 Å². The average molecular weight is 247 g/mol. The smallest absolute Gasteiger partial charge is 0.0726 e. The summed E-state index contributed by atoms with van der Waals surface area (Å²) >= 11 is 6.19. The van der Waals surface area contributed by atoms with Gasteiger partial charge in [0.1, 0.15) is 0 Å². The Hall–Kier alpha value is -1.28. The van der Waals surface area contributed by atoms with Gasteiger partial charge in [-0.15, -0.1) is 11.6 Å². The number of benzene rings is 1. The van der Waals surface area contributed by atoms with E-state index in [1.54, 1.807) is 0 Å². The predicted molar refractivity (Wildman–Crippen MR) is 73.0 cm³/mol. The molecule has 1 aliphatic heterocycles. The molecular weight excluding hydrogens is 232 g/mol. The highest BCUT2D eigenvalue weighted by Crippen LogP contribution is 2.30. The number of anilines is 1. The van der Waals surface area contributed by atoms with E-state index in [1.165, 1.54) is 11.1 Å². The third kappa shape index (κ3) is 1.98. The monoisotopic (exact) mass is 246 g/mol. The number of aromatic nitrogens is 1. The van der Waals surface area contributed by atoms with Crippen LogP contribution in [0.4, 0.5) is 5.69 Å². The molecule has 2 aromatic rings. The number of hydrogen-bond donors (Lipinski definition) is 0. The number of para-hydroxylation sites is 1. The summed E-state index contributed by atoms with van der Waals surface area (Å²) in [5, 5.41) is 1.51. The normalized spacial score (nSPS) is 20.1. The first-order chi connectivity index (χ1) is 8.24. The number of pyridine rings is 1. The molecule has 1 atom stereocenters. The summed E-state index contributed by atoms with van der Waals surface area (Å²) in [7, 11) is 0. The Morgan fingerprint density at radius 2 is 2.18 bits per heavy atom. The van der Waals surface area contributed by atoms with Crippen molar-refractivity contribution in [1.82, 2.24) is 4.98 Å². The molecule has 0 bridgehead atoms. The second kappa shape index (κ2) is 4.19. The minimum atomic E-state index is 0.280. The highest BCUT2D eigenvalue weighted by molar-refractivity contribution is 6.21. The van der Waals surface area contributed by atoms with Gasteiger partial charge in [-0.25, -0.2) is 0 Å². The molecule has 1 fully saturated rings. The van der Waals surface area contributed by atoms with E-state index in [0.717, 1.165) is 30.7 Å². The molecule has 0 spiro atoms. The highest BCUT2D eigenvalue weighted by Gasteiger charge is 2.22. The summed E-state index contributed by atoms with van der Waals surface area (Å²) in [4.78, 5) is 6.94. The molecule has 88 valence electrons. The minimum Gasteiger partial charge on any atom is -0.369 e. The Labute approximate surface area is 106 Å². The molecule has 0 saturated carbocycles. The molecule has 3 rings (SSSR count). The second-order valence-electron chi connectivity index (χ2n) is 4.63. The summed E-state index contributed by atoms with van der Waals surface area (Å²) in [5.41, 5.74) is 3.41. The third-order valence-corrected chi connectivity index (χ3v) is 3.65. The maximum Gasteiger partial charge on any atom is 0.0726 e. The summed E-state index contributed by atoms with van der Waals surface area (Å²) < 4.78 is 0. The first-order valence-corrected chi connectivity index (χ1v) is 6.43. The van der Waals surface area contributed by atoms with Gasteiger partial charge in [-0.2, -0.15) is 0 Å². The number of nitrogens with zero attached hydrogens (tertiary/aromatic N) is 2. The molecule has 3 heteroatoms. The molecular formula is C14H15ClN2. The van der Waals surface area contributed by atoms with Crippen molar-refractivity contribution in [3.8, 4) is 0 Å². The predicted octanol–water partition coefficient (Wildman–Crippen LogP) is 3.36. The number of rotatable bonds is 1. The van der Waals surface area contributed by atoms with Crippen LogP contribution in [0.2, 0.25) is 0 Å². The summed E-state index contributed by atoms with van der Waals surface area (Å²) in [6.07, 6.45) is 1.07. The minimum absolute atomic E-state index is 0.280. The third-order valence-electron chi connectivity index (χ3n) is 3.29. The Kier molecular flexibility index (Phi) is 2.67. The number of hydrogen-bond acceptors (Lipinski definition) is 2. The van der Waals surface area contributed by atoms with E-state index in [2.05, 4.69) is 34.1 Å². The summed E-state index contributed by atoms with van der Waals surface area (Å²) in [6.45, 7) is 4.03. The van der Waals surface area contributed by atoms with Gasteiger partial charge in [-0.05, 0) is 25.5 Å². The fourth-order valence-corrected chi connectivity index (χ4v) is 2.75. The van der Waals surface area contributed by atoms with E-state index >= 15 is 0 Å². The lowest BCUT2D eigenvalue weighted by atomic mass is 10.1. The van der Waals surface area contributed by atoms with E-state index in [0.29, 0.717) is 0 Å². The van der Waals surface area contributed by atoms with Crippen LogP contribution < -0.4 is 4.90 Å². The maximum absolute atomic E-state index is 6.19. The van der Waals surface area contributed by atoms with Gasteiger partial charge in [0, 0.05) is 29.9 Å². The average Bonchev–Trinajstić information content (AvgIpc) is 2.74. The lowest BCUT2D eigenvalue weighted by molar-refractivity contribution is 0.958. The first-order valence-electron chi connectivity index (χ1n) is 5.99. The van der Waals surface area contributed by atoms with Gasteiger partial charge in [-0.1, -0.05) is 18.2 Å². The second-order valence-corrected chi connectivity index (χ2v) is 5.25. The van der Waals surface area contributed by atoms with Crippen molar-refractivity contribution >= 4 is 28.2 Å². The van der Waals surface area contributed by atoms with Gasteiger partial charge in [0.15, 0.2) is 0 Å². The number of fused-ring (bicyclic) bond motifs is 1. The van der Waals surface area contributed by atoms with Crippen molar-refractivity contribution in [3.63, 3.8) is 0 Å². The van der Waals surface area contributed by atoms with Gasteiger partial charge in [0.25, 0.3) is 0 Å². The Morgan fingerprint density at radius 3 is 2.94 bits per heavy atom. The lowest BCUT2D eigenvalue weighted by Crippen LogP contribution is -2.20. The van der Waals surface area contributed by atoms with Crippen molar-refractivity contribution in [2.45, 2.75) is 18.7 Å². The van der Waals surface area contributed by atoms with Crippen LogP contribution in [0.5, 0.6) is 0 Å². The molecule has 0 aliphatic carbocycles. The highest BCUT2D eigenvalue weighted by atomic mass is 35.5. The van der Waals surface area contributed by atoms with Crippen molar-refractivity contribution in [1.29, 1.82) is 0 Å². The molecule has 1 unspecified atom stereocenters. The fourth-order valence-electron chi connectivity index (χ4n) is 2.48. The number of aryl methyl sites for hydroxylation is 1. The Morgan fingerprint density at radius 1 is 1.35 bits per heavy atom. The summed E-state index contributed by atoms with van der Waals surface area (Å²) in [5.74, 6) is 0. The molecule has 0 N–H and O–H groups in total. The van der Waals surface area contributed by atoms with Crippen molar-refractivity contribution in [2.75, 3.05) is 18.0 Å². The van der Waals surface area contributed by atoms with Crippen LogP contribution in [-0.2, 0) is 0 Å². The summed E-state index contributed by atoms with van der Waals surface area (Å²) in [6, 6.07) is 10.5. The first kappa shape index (κ1) is 10.8. The fraction of sp³-hybridized carbons (Fsp3) is 0.357. The zero-order chi connectivity index (χ0) is 11.8. The molecule has 1 aromatic heterocycles. The standard InChI is InChI=1S/C14H15ClN2/c1-10-8-14(17-7-6-11(15)9-17)12-4-2-3-5-13(12)16-10/h2-5,8,11H,6-7,9H2,1H3. The SMILES string of the molecule is Cc1cc(N2CCC(Cl)C2)c2ccccc2n1. The van der Waals surface area contributed by atoms with E-state index in [1.807, 2.05) is 13.0 Å². The topological polar surface area (TPSA) is 16.1 Å². The Balaban J connectivity index is 2.14. The zero-order valence-corrected chi connectivity index (χ0v) is 10.6. The van der Waals surface area contributed by atoms with E-state index < -0.39 is 0 Å². The quantitative estimate of drug-likeness (QED) is 0.718. The molecule has 2 heterocycles. The maximum atomic E-state index is 6.19. The van der Waals surface area contributed by atoms with Crippen molar-refractivity contribution in [2.24, 2.45) is 0 Å². The van der Waals surface area contributed by atoms with Gasteiger partial charge in [0.2, 0.25) is 0 Å². The van der Waals surface area contributed by atoms with Crippen LogP contribution in [0.15, 0.2) is 30.3 Å². The largest absolute Gasteiger partial charge is 0.369 e.